The maximum absolute atomic E-state index is 10.8. The van der Waals surface area contributed by atoms with E-state index >= 15 is 0 Å². The van der Waals surface area contributed by atoms with Crippen LogP contribution >= 0.6 is 0 Å². The van der Waals surface area contributed by atoms with Crippen LogP contribution in [0.1, 0.15) is 0 Å². The summed E-state index contributed by atoms with van der Waals surface area (Å²) >= 11 is 0. The number of aromatic nitrogens is 2. The van der Waals surface area contributed by atoms with Gasteiger partial charge >= 0.3 is 5.69 Å². The summed E-state index contributed by atoms with van der Waals surface area (Å²) in [6, 6.07) is 0. The first kappa shape index (κ1) is 6.60. The van der Waals surface area contributed by atoms with Crippen molar-refractivity contribution in [1.29, 1.82) is 0 Å². The molecular formula is C5H7N3O2. The minimum atomic E-state index is -0.469. The van der Waals surface area contributed by atoms with Crippen LogP contribution in [0.25, 0.3) is 0 Å². The summed E-state index contributed by atoms with van der Waals surface area (Å²) in [4.78, 5) is 23.7. The van der Waals surface area contributed by atoms with Gasteiger partial charge in [0.1, 0.15) is 5.69 Å². The van der Waals surface area contributed by atoms with Gasteiger partial charge < -0.3 is 10.7 Å². The first-order valence-electron chi connectivity index (χ1n) is 2.67. The third-order valence-corrected chi connectivity index (χ3v) is 1.21. The van der Waals surface area contributed by atoms with Crippen molar-refractivity contribution < 1.29 is 0 Å². The fourth-order valence-corrected chi connectivity index (χ4v) is 0.584. The van der Waals surface area contributed by atoms with E-state index in [4.69, 9.17) is 5.73 Å². The average molecular weight is 141 g/mol. The molecule has 0 aliphatic heterocycles. The van der Waals surface area contributed by atoms with Gasteiger partial charge in [0, 0.05) is 13.2 Å². The van der Waals surface area contributed by atoms with Crippen LogP contribution in [0.3, 0.4) is 0 Å². The highest BCUT2D eigenvalue weighted by atomic mass is 16.2. The zero-order valence-corrected chi connectivity index (χ0v) is 5.42. The predicted octanol–water partition coefficient (Wildman–Crippen LogP) is -1.34. The second kappa shape index (κ2) is 2.02. The molecule has 0 atom stereocenters. The molecular weight excluding hydrogens is 134 g/mol. The maximum atomic E-state index is 10.8. The molecule has 1 rings (SSSR count). The second-order valence-corrected chi connectivity index (χ2v) is 1.91. The van der Waals surface area contributed by atoms with E-state index in [2.05, 4.69) is 4.98 Å². The Morgan fingerprint density at radius 3 is 2.70 bits per heavy atom. The van der Waals surface area contributed by atoms with E-state index in [0.29, 0.717) is 0 Å². The Kier molecular flexibility index (Phi) is 1.33. The van der Waals surface area contributed by atoms with Gasteiger partial charge in [-0.05, 0) is 0 Å². The fourth-order valence-electron chi connectivity index (χ4n) is 0.584. The molecule has 0 saturated carbocycles. The molecule has 0 aliphatic rings. The summed E-state index contributed by atoms with van der Waals surface area (Å²) in [6.07, 6.45) is 1.19. The van der Waals surface area contributed by atoms with Crippen molar-refractivity contribution in [3.05, 3.63) is 27.0 Å². The second-order valence-electron chi connectivity index (χ2n) is 1.91. The lowest BCUT2D eigenvalue weighted by Gasteiger charge is -1.94. The van der Waals surface area contributed by atoms with E-state index in [1.807, 2.05) is 0 Å². The predicted molar refractivity (Wildman–Crippen MR) is 36.7 cm³/mol. The molecule has 1 aromatic rings. The Balaban J connectivity index is 3.66. The van der Waals surface area contributed by atoms with Gasteiger partial charge in [0.15, 0.2) is 0 Å². The molecule has 1 heterocycles. The van der Waals surface area contributed by atoms with E-state index < -0.39 is 11.2 Å². The number of nitrogen functional groups attached to an aromatic ring is 1. The SMILES string of the molecule is Cn1c(=O)[nH]cc(N)c1=O. The van der Waals surface area contributed by atoms with Crippen molar-refractivity contribution in [2.24, 2.45) is 7.05 Å². The van der Waals surface area contributed by atoms with E-state index in [1.165, 1.54) is 13.2 Å². The van der Waals surface area contributed by atoms with Crippen LogP contribution < -0.4 is 17.0 Å². The maximum Gasteiger partial charge on any atom is 0.328 e. The Labute approximate surface area is 56.1 Å². The zero-order valence-electron chi connectivity index (χ0n) is 5.42. The highest BCUT2D eigenvalue weighted by molar-refractivity contribution is 5.29. The van der Waals surface area contributed by atoms with E-state index in [-0.39, 0.29) is 5.69 Å². The lowest BCUT2D eigenvalue weighted by Crippen LogP contribution is -2.33. The molecule has 0 aliphatic carbocycles. The highest BCUT2D eigenvalue weighted by Crippen LogP contribution is 1.79. The van der Waals surface area contributed by atoms with Gasteiger partial charge in [0.2, 0.25) is 0 Å². The van der Waals surface area contributed by atoms with Gasteiger partial charge in [-0.25, -0.2) is 4.79 Å². The van der Waals surface area contributed by atoms with Crippen molar-refractivity contribution in [3.8, 4) is 0 Å². The van der Waals surface area contributed by atoms with Gasteiger partial charge in [-0.2, -0.15) is 0 Å². The van der Waals surface area contributed by atoms with Crippen LogP contribution in [0.2, 0.25) is 0 Å². The van der Waals surface area contributed by atoms with Crippen molar-refractivity contribution >= 4 is 5.69 Å². The number of nitrogens with zero attached hydrogens (tertiary/aromatic N) is 1. The fraction of sp³-hybridized carbons (Fsp3) is 0.200. The quantitative estimate of drug-likeness (QED) is 0.469. The summed E-state index contributed by atoms with van der Waals surface area (Å²) in [5, 5.41) is 0. The number of rotatable bonds is 0. The molecule has 3 N–H and O–H groups in total. The summed E-state index contributed by atoms with van der Waals surface area (Å²) in [7, 11) is 1.36. The molecule has 0 fully saturated rings. The van der Waals surface area contributed by atoms with Crippen LogP contribution in [0.15, 0.2) is 15.8 Å². The number of nitrogens with two attached hydrogens (primary N) is 1. The van der Waals surface area contributed by atoms with E-state index in [9.17, 15) is 9.59 Å². The zero-order chi connectivity index (χ0) is 7.72. The average Bonchev–Trinajstić information content (AvgIpc) is 1.93. The number of hydrogen-bond acceptors (Lipinski definition) is 3. The molecule has 5 heteroatoms. The molecule has 0 saturated heterocycles. The number of nitrogens with one attached hydrogen (secondary N) is 1. The number of hydrogen-bond donors (Lipinski definition) is 2. The van der Waals surface area contributed by atoms with Crippen LogP contribution in [-0.2, 0) is 7.05 Å². The van der Waals surface area contributed by atoms with Crippen LogP contribution in [-0.4, -0.2) is 9.55 Å². The normalized spacial score (nSPS) is 9.70. The molecule has 0 aromatic carbocycles. The van der Waals surface area contributed by atoms with Gasteiger partial charge in [-0.1, -0.05) is 0 Å². The molecule has 1 aromatic heterocycles. The monoisotopic (exact) mass is 141 g/mol. The highest BCUT2D eigenvalue weighted by Gasteiger charge is 1.96. The van der Waals surface area contributed by atoms with E-state index in [0.717, 1.165) is 4.57 Å². The molecule has 0 radical (unpaired) electrons. The van der Waals surface area contributed by atoms with Gasteiger partial charge in [0.05, 0.1) is 0 Å². The number of anilines is 1. The molecule has 5 nitrogen and oxygen atoms in total. The molecule has 54 valence electrons. The largest absolute Gasteiger partial charge is 0.393 e. The van der Waals surface area contributed by atoms with Crippen LogP contribution in [0, 0.1) is 0 Å². The molecule has 0 unspecified atom stereocenters. The molecule has 0 bridgehead atoms. The first-order chi connectivity index (χ1) is 4.63. The third kappa shape index (κ3) is 0.812. The Hall–Kier alpha value is -1.52. The molecule has 0 spiro atoms. The number of aromatic amines is 1. The van der Waals surface area contributed by atoms with Gasteiger partial charge in [-0.3, -0.25) is 9.36 Å². The smallest absolute Gasteiger partial charge is 0.328 e. The molecule has 10 heavy (non-hydrogen) atoms. The lowest BCUT2D eigenvalue weighted by molar-refractivity contribution is 0.779. The van der Waals surface area contributed by atoms with Gasteiger partial charge in [-0.15, -0.1) is 0 Å². The number of H-pyrrole nitrogens is 1. The third-order valence-electron chi connectivity index (χ3n) is 1.21. The molecule has 0 amide bonds. The Morgan fingerprint density at radius 1 is 1.60 bits per heavy atom. The minimum absolute atomic E-state index is 0.0436. The Morgan fingerprint density at radius 2 is 2.20 bits per heavy atom. The van der Waals surface area contributed by atoms with Crippen molar-refractivity contribution in [1.82, 2.24) is 9.55 Å². The van der Waals surface area contributed by atoms with Crippen LogP contribution in [0.5, 0.6) is 0 Å². The van der Waals surface area contributed by atoms with Crippen LogP contribution in [0.4, 0.5) is 5.69 Å². The standard InChI is InChI=1S/C5H7N3O2/c1-8-4(9)3(6)2-7-5(8)10/h2H,6H2,1H3,(H,7,10). The summed E-state index contributed by atoms with van der Waals surface area (Å²) in [6.45, 7) is 0. The van der Waals surface area contributed by atoms with Crippen molar-refractivity contribution in [2.45, 2.75) is 0 Å². The summed E-state index contributed by atoms with van der Waals surface area (Å²) < 4.78 is 0.912. The minimum Gasteiger partial charge on any atom is -0.393 e. The summed E-state index contributed by atoms with van der Waals surface area (Å²) in [5.74, 6) is 0. The van der Waals surface area contributed by atoms with Crippen molar-refractivity contribution in [2.75, 3.05) is 5.73 Å². The summed E-state index contributed by atoms with van der Waals surface area (Å²) in [5.41, 5.74) is 4.30. The van der Waals surface area contributed by atoms with Crippen molar-refractivity contribution in [3.63, 3.8) is 0 Å². The van der Waals surface area contributed by atoms with Gasteiger partial charge in [0.25, 0.3) is 5.56 Å². The first-order valence-corrected chi connectivity index (χ1v) is 2.67. The lowest BCUT2D eigenvalue weighted by atomic mass is 10.5. The topological polar surface area (TPSA) is 80.9 Å². The van der Waals surface area contributed by atoms with E-state index in [1.54, 1.807) is 0 Å². The Bertz CT molecular complexity index is 349.